The van der Waals surface area contributed by atoms with Crippen molar-refractivity contribution in [1.82, 2.24) is 5.32 Å². The highest BCUT2D eigenvalue weighted by atomic mass is 19.1. The van der Waals surface area contributed by atoms with E-state index >= 15 is 0 Å². The molecular formula is C16H16F3N. The Hall–Kier alpha value is -1.81. The summed E-state index contributed by atoms with van der Waals surface area (Å²) in [4.78, 5) is 0. The first-order valence-corrected chi connectivity index (χ1v) is 6.45. The first kappa shape index (κ1) is 14.6. The summed E-state index contributed by atoms with van der Waals surface area (Å²) >= 11 is 0. The monoisotopic (exact) mass is 279 g/mol. The molecule has 2 aromatic rings. The minimum Gasteiger partial charge on any atom is -0.310 e. The highest BCUT2D eigenvalue weighted by molar-refractivity contribution is 5.65. The van der Waals surface area contributed by atoms with Crippen LogP contribution in [0.4, 0.5) is 13.2 Å². The largest absolute Gasteiger partial charge is 0.310 e. The summed E-state index contributed by atoms with van der Waals surface area (Å²) in [6.07, 6.45) is 0. The van der Waals surface area contributed by atoms with Crippen LogP contribution in [-0.2, 0) is 6.54 Å². The number of nitrogens with one attached hydrogen (secondary N) is 1. The van der Waals surface area contributed by atoms with Crippen LogP contribution in [0.1, 0.15) is 19.4 Å². The van der Waals surface area contributed by atoms with E-state index in [2.05, 4.69) is 5.32 Å². The molecule has 0 saturated carbocycles. The van der Waals surface area contributed by atoms with Gasteiger partial charge in [0, 0.05) is 18.2 Å². The zero-order chi connectivity index (χ0) is 14.7. The summed E-state index contributed by atoms with van der Waals surface area (Å²) in [7, 11) is 0. The van der Waals surface area contributed by atoms with Gasteiger partial charge in [0.25, 0.3) is 0 Å². The standard InChI is InChI=1S/C16H16F3N/c1-10(2)20-9-12-7-6-11(8-15(12)19)16-13(17)4-3-5-14(16)18/h3-8,10,20H,9H2,1-2H3. The Balaban J connectivity index is 2.34. The third-order valence-electron chi connectivity index (χ3n) is 3.01. The second-order valence-electron chi connectivity index (χ2n) is 4.94. The molecule has 0 atom stereocenters. The molecule has 1 nitrogen and oxygen atoms in total. The summed E-state index contributed by atoms with van der Waals surface area (Å²) in [6, 6.07) is 8.07. The molecule has 20 heavy (non-hydrogen) atoms. The Labute approximate surface area is 116 Å². The van der Waals surface area contributed by atoms with Crippen molar-refractivity contribution in [3.05, 3.63) is 59.4 Å². The molecule has 0 radical (unpaired) electrons. The molecule has 0 aliphatic heterocycles. The lowest BCUT2D eigenvalue weighted by atomic mass is 10.0. The van der Waals surface area contributed by atoms with Crippen molar-refractivity contribution in [3.63, 3.8) is 0 Å². The van der Waals surface area contributed by atoms with E-state index in [0.717, 1.165) is 12.1 Å². The van der Waals surface area contributed by atoms with Crippen molar-refractivity contribution in [2.45, 2.75) is 26.4 Å². The topological polar surface area (TPSA) is 12.0 Å². The van der Waals surface area contributed by atoms with E-state index in [-0.39, 0.29) is 17.2 Å². The lowest BCUT2D eigenvalue weighted by molar-refractivity contribution is 0.553. The Kier molecular flexibility index (Phi) is 4.45. The number of hydrogen-bond acceptors (Lipinski definition) is 1. The minimum absolute atomic E-state index is 0.199. The van der Waals surface area contributed by atoms with Crippen molar-refractivity contribution in [2.75, 3.05) is 0 Å². The third kappa shape index (κ3) is 3.20. The Bertz CT molecular complexity index is 588. The van der Waals surface area contributed by atoms with Gasteiger partial charge in [-0.3, -0.25) is 0 Å². The molecule has 0 saturated heterocycles. The molecule has 0 spiro atoms. The second kappa shape index (κ2) is 6.09. The van der Waals surface area contributed by atoms with Gasteiger partial charge < -0.3 is 5.32 Å². The maximum absolute atomic E-state index is 14.0. The van der Waals surface area contributed by atoms with E-state index in [9.17, 15) is 13.2 Å². The molecule has 0 aliphatic carbocycles. The van der Waals surface area contributed by atoms with Crippen LogP contribution in [0.15, 0.2) is 36.4 Å². The van der Waals surface area contributed by atoms with Crippen LogP contribution < -0.4 is 5.32 Å². The predicted molar refractivity (Wildman–Crippen MR) is 73.7 cm³/mol. The molecule has 106 valence electrons. The average molecular weight is 279 g/mol. The molecule has 0 heterocycles. The molecular weight excluding hydrogens is 263 g/mol. The number of hydrogen-bond donors (Lipinski definition) is 1. The quantitative estimate of drug-likeness (QED) is 0.881. The molecule has 0 unspecified atom stereocenters. The SMILES string of the molecule is CC(C)NCc1ccc(-c2c(F)cccc2F)cc1F. The van der Waals surface area contributed by atoms with Crippen molar-refractivity contribution in [1.29, 1.82) is 0 Å². The van der Waals surface area contributed by atoms with Gasteiger partial charge in [0.05, 0.1) is 5.56 Å². The van der Waals surface area contributed by atoms with E-state index in [1.54, 1.807) is 6.07 Å². The smallest absolute Gasteiger partial charge is 0.133 e. The lowest BCUT2D eigenvalue weighted by Crippen LogP contribution is -2.22. The molecule has 0 aliphatic rings. The highest BCUT2D eigenvalue weighted by Crippen LogP contribution is 2.27. The van der Waals surface area contributed by atoms with Crippen LogP contribution in [0.2, 0.25) is 0 Å². The summed E-state index contributed by atoms with van der Waals surface area (Å²) in [5, 5.41) is 3.10. The van der Waals surface area contributed by atoms with Crippen LogP contribution >= 0.6 is 0 Å². The van der Waals surface area contributed by atoms with Gasteiger partial charge in [-0.2, -0.15) is 0 Å². The van der Waals surface area contributed by atoms with E-state index in [4.69, 9.17) is 0 Å². The van der Waals surface area contributed by atoms with E-state index in [0.29, 0.717) is 12.1 Å². The van der Waals surface area contributed by atoms with Crippen molar-refractivity contribution in [3.8, 4) is 11.1 Å². The third-order valence-corrected chi connectivity index (χ3v) is 3.01. The molecule has 0 amide bonds. The number of halogens is 3. The highest BCUT2D eigenvalue weighted by Gasteiger charge is 2.13. The Morgan fingerprint density at radius 3 is 2.15 bits per heavy atom. The molecule has 2 aromatic carbocycles. The molecule has 2 rings (SSSR count). The average Bonchev–Trinajstić information content (AvgIpc) is 2.37. The molecule has 0 aromatic heterocycles. The summed E-state index contributed by atoms with van der Waals surface area (Å²) in [6.45, 7) is 4.30. The molecule has 4 heteroatoms. The van der Waals surface area contributed by atoms with Gasteiger partial charge in [-0.1, -0.05) is 32.0 Å². The predicted octanol–water partition coefficient (Wildman–Crippen LogP) is 4.27. The van der Waals surface area contributed by atoms with E-state index in [1.165, 1.54) is 18.2 Å². The summed E-state index contributed by atoms with van der Waals surface area (Å²) in [5.41, 5.74) is 0.473. The number of rotatable bonds is 4. The van der Waals surface area contributed by atoms with Crippen LogP contribution in [0.3, 0.4) is 0 Å². The van der Waals surface area contributed by atoms with Gasteiger partial charge in [0.1, 0.15) is 17.5 Å². The molecule has 0 fully saturated rings. The molecule has 1 N–H and O–H groups in total. The van der Waals surface area contributed by atoms with Crippen LogP contribution in [0.25, 0.3) is 11.1 Å². The van der Waals surface area contributed by atoms with Gasteiger partial charge in [-0.25, -0.2) is 13.2 Å². The summed E-state index contributed by atoms with van der Waals surface area (Å²) in [5.74, 6) is -1.87. The van der Waals surface area contributed by atoms with Gasteiger partial charge in [-0.05, 0) is 23.8 Å². The van der Waals surface area contributed by atoms with Crippen LogP contribution in [0, 0.1) is 17.5 Å². The summed E-state index contributed by atoms with van der Waals surface area (Å²) < 4.78 is 41.3. The fourth-order valence-electron chi connectivity index (χ4n) is 1.93. The van der Waals surface area contributed by atoms with E-state index in [1.807, 2.05) is 13.8 Å². The van der Waals surface area contributed by atoms with Gasteiger partial charge in [0.2, 0.25) is 0 Å². The lowest BCUT2D eigenvalue weighted by Gasteiger charge is -2.11. The maximum atomic E-state index is 14.0. The normalized spacial score (nSPS) is 11.1. The second-order valence-corrected chi connectivity index (χ2v) is 4.94. The van der Waals surface area contributed by atoms with Crippen molar-refractivity contribution < 1.29 is 13.2 Å². The maximum Gasteiger partial charge on any atom is 0.133 e. The van der Waals surface area contributed by atoms with Crippen molar-refractivity contribution in [2.24, 2.45) is 0 Å². The van der Waals surface area contributed by atoms with Crippen LogP contribution in [0.5, 0.6) is 0 Å². The van der Waals surface area contributed by atoms with E-state index < -0.39 is 17.5 Å². The Morgan fingerprint density at radius 1 is 0.950 bits per heavy atom. The zero-order valence-electron chi connectivity index (χ0n) is 11.4. The fraction of sp³-hybridized carbons (Fsp3) is 0.250. The fourth-order valence-corrected chi connectivity index (χ4v) is 1.93. The molecule has 0 bridgehead atoms. The first-order chi connectivity index (χ1) is 9.49. The van der Waals surface area contributed by atoms with Crippen LogP contribution in [-0.4, -0.2) is 6.04 Å². The van der Waals surface area contributed by atoms with Crippen molar-refractivity contribution >= 4 is 0 Å². The van der Waals surface area contributed by atoms with Gasteiger partial charge in [-0.15, -0.1) is 0 Å². The minimum atomic E-state index is -0.697. The zero-order valence-corrected chi connectivity index (χ0v) is 11.4. The first-order valence-electron chi connectivity index (χ1n) is 6.45. The Morgan fingerprint density at radius 2 is 1.60 bits per heavy atom. The van der Waals surface area contributed by atoms with Gasteiger partial charge in [0.15, 0.2) is 0 Å². The number of benzene rings is 2. The van der Waals surface area contributed by atoms with Gasteiger partial charge >= 0.3 is 0 Å².